The summed E-state index contributed by atoms with van der Waals surface area (Å²) in [5.41, 5.74) is 4.21. The van der Waals surface area contributed by atoms with Crippen LogP contribution in [0.15, 0.2) is 72.8 Å². The van der Waals surface area contributed by atoms with E-state index in [4.69, 9.17) is 5.21 Å². The molecule has 3 aromatic rings. The maximum atomic E-state index is 13.1. The van der Waals surface area contributed by atoms with Gasteiger partial charge in [-0.25, -0.2) is 5.48 Å². The number of rotatable bonds is 7. The van der Waals surface area contributed by atoms with Gasteiger partial charge in [0.1, 0.15) is 0 Å². The number of alkyl halides is 3. The van der Waals surface area contributed by atoms with Crippen molar-refractivity contribution >= 4 is 11.8 Å². The summed E-state index contributed by atoms with van der Waals surface area (Å²) in [7, 11) is 0. The van der Waals surface area contributed by atoms with Crippen LogP contribution in [0.5, 0.6) is 0 Å². The Morgan fingerprint density at radius 1 is 0.972 bits per heavy atom. The Labute approximate surface area is 205 Å². The molecule has 0 aromatic heterocycles. The van der Waals surface area contributed by atoms with Gasteiger partial charge in [-0.2, -0.15) is 13.2 Å². The first-order chi connectivity index (χ1) is 17.2. The number of benzene rings is 3. The van der Waals surface area contributed by atoms with Gasteiger partial charge in [0, 0.05) is 12.8 Å². The second-order valence-electron chi connectivity index (χ2n) is 8.87. The molecule has 4 N–H and O–H groups in total. The molecule has 4 rings (SSSR count). The van der Waals surface area contributed by atoms with Crippen molar-refractivity contribution in [2.45, 2.75) is 37.6 Å². The molecule has 0 bridgehead atoms. The summed E-state index contributed by atoms with van der Waals surface area (Å²) in [4.78, 5) is 25.0. The lowest BCUT2D eigenvalue weighted by Gasteiger charge is -2.22. The normalized spacial score (nSPS) is 17.8. The van der Waals surface area contributed by atoms with Crippen LogP contribution in [0.2, 0.25) is 0 Å². The lowest BCUT2D eigenvalue weighted by atomic mass is 9.93. The molecular formula is C27H25F3N2O4. The Balaban J connectivity index is 1.51. The minimum Gasteiger partial charge on any atom is -0.390 e. The Kier molecular flexibility index (Phi) is 7.42. The standard InChI is InChI=1S/C27H25F3N2O4/c28-27(29,30)21-6-3-5-18(13-21)17-10-8-16(9-11-17)12-20(15-24(34)32-36)26(35)31-25-22-7-2-1-4-19(22)14-23(25)33/h1-11,13,20,23,25,33,36H,12,14-15H2,(H,31,35)(H,32,34)/t20-,23-,25+/m1/s1. The molecule has 0 saturated heterocycles. The molecule has 0 spiro atoms. The first kappa shape index (κ1) is 25.4. The number of hydrogen-bond acceptors (Lipinski definition) is 4. The molecule has 0 fully saturated rings. The van der Waals surface area contributed by atoms with E-state index < -0.39 is 41.6 Å². The molecule has 0 heterocycles. The van der Waals surface area contributed by atoms with Gasteiger partial charge in [0.15, 0.2) is 0 Å². The van der Waals surface area contributed by atoms with E-state index in [0.29, 0.717) is 23.1 Å². The van der Waals surface area contributed by atoms with E-state index in [2.05, 4.69) is 5.32 Å². The quantitative estimate of drug-likeness (QED) is 0.290. The van der Waals surface area contributed by atoms with E-state index in [1.165, 1.54) is 6.07 Å². The summed E-state index contributed by atoms with van der Waals surface area (Å²) in [6.45, 7) is 0. The molecule has 3 aromatic carbocycles. The third kappa shape index (κ3) is 5.75. The number of amides is 2. The second kappa shape index (κ2) is 10.5. The van der Waals surface area contributed by atoms with Crippen molar-refractivity contribution < 1.29 is 33.1 Å². The summed E-state index contributed by atoms with van der Waals surface area (Å²) in [6.07, 6.45) is -4.99. The largest absolute Gasteiger partial charge is 0.416 e. The van der Waals surface area contributed by atoms with Gasteiger partial charge in [0.05, 0.1) is 23.6 Å². The van der Waals surface area contributed by atoms with Crippen LogP contribution in [-0.2, 0) is 28.6 Å². The molecule has 1 aliphatic rings. The average Bonchev–Trinajstić information content (AvgIpc) is 3.18. The highest BCUT2D eigenvalue weighted by molar-refractivity contribution is 5.86. The summed E-state index contributed by atoms with van der Waals surface area (Å²) >= 11 is 0. The zero-order chi connectivity index (χ0) is 25.9. The number of nitrogens with one attached hydrogen (secondary N) is 2. The molecule has 3 atom stereocenters. The monoisotopic (exact) mass is 498 g/mol. The maximum Gasteiger partial charge on any atom is 0.416 e. The first-order valence-electron chi connectivity index (χ1n) is 11.4. The fraction of sp³-hybridized carbons (Fsp3) is 0.259. The van der Waals surface area contributed by atoms with E-state index >= 15 is 0 Å². The number of fused-ring (bicyclic) bond motifs is 1. The molecule has 188 valence electrons. The van der Waals surface area contributed by atoms with Gasteiger partial charge < -0.3 is 10.4 Å². The smallest absolute Gasteiger partial charge is 0.390 e. The van der Waals surface area contributed by atoms with Crippen molar-refractivity contribution in [1.82, 2.24) is 10.8 Å². The zero-order valence-electron chi connectivity index (χ0n) is 19.1. The van der Waals surface area contributed by atoms with Crippen molar-refractivity contribution in [3.05, 3.63) is 95.1 Å². The molecule has 0 saturated carbocycles. The van der Waals surface area contributed by atoms with Crippen LogP contribution in [0, 0.1) is 5.92 Å². The topological polar surface area (TPSA) is 98.7 Å². The predicted molar refractivity (Wildman–Crippen MR) is 126 cm³/mol. The summed E-state index contributed by atoms with van der Waals surface area (Å²) in [5, 5.41) is 22.3. The Morgan fingerprint density at radius 2 is 1.69 bits per heavy atom. The number of carbonyl (C=O) groups is 2. The van der Waals surface area contributed by atoms with Crippen molar-refractivity contribution in [3.8, 4) is 11.1 Å². The lowest BCUT2D eigenvalue weighted by Crippen LogP contribution is -2.40. The average molecular weight is 499 g/mol. The minimum atomic E-state index is -4.45. The lowest BCUT2D eigenvalue weighted by molar-refractivity contribution is -0.137. The van der Waals surface area contributed by atoms with Crippen LogP contribution in [0.1, 0.15) is 34.7 Å². The van der Waals surface area contributed by atoms with Gasteiger partial charge in [0.25, 0.3) is 0 Å². The van der Waals surface area contributed by atoms with Crippen LogP contribution < -0.4 is 10.8 Å². The number of carbonyl (C=O) groups excluding carboxylic acids is 2. The van der Waals surface area contributed by atoms with Crippen molar-refractivity contribution in [2.75, 3.05) is 0 Å². The van der Waals surface area contributed by atoms with Gasteiger partial charge in [-0.05, 0) is 46.4 Å². The third-order valence-corrected chi connectivity index (χ3v) is 6.39. The van der Waals surface area contributed by atoms with Gasteiger partial charge in [-0.1, -0.05) is 60.7 Å². The summed E-state index contributed by atoms with van der Waals surface area (Å²) < 4.78 is 39.1. The zero-order valence-corrected chi connectivity index (χ0v) is 19.1. The predicted octanol–water partition coefficient (Wildman–Crippen LogP) is 4.20. The van der Waals surface area contributed by atoms with E-state index in [1.807, 2.05) is 24.3 Å². The van der Waals surface area contributed by atoms with Gasteiger partial charge in [0.2, 0.25) is 11.8 Å². The van der Waals surface area contributed by atoms with Crippen LogP contribution in [-0.4, -0.2) is 28.2 Å². The molecule has 9 heteroatoms. The van der Waals surface area contributed by atoms with Gasteiger partial charge in [-0.15, -0.1) is 0 Å². The second-order valence-corrected chi connectivity index (χ2v) is 8.87. The molecule has 1 aliphatic carbocycles. The number of hydroxylamine groups is 1. The maximum absolute atomic E-state index is 13.1. The summed E-state index contributed by atoms with van der Waals surface area (Å²) in [6, 6.07) is 18.5. The fourth-order valence-corrected chi connectivity index (χ4v) is 4.54. The van der Waals surface area contributed by atoms with Crippen LogP contribution in [0.25, 0.3) is 11.1 Å². The van der Waals surface area contributed by atoms with Crippen molar-refractivity contribution in [2.24, 2.45) is 5.92 Å². The van der Waals surface area contributed by atoms with E-state index in [9.17, 15) is 27.9 Å². The Bertz CT molecular complexity index is 1240. The molecule has 0 aliphatic heterocycles. The number of aliphatic hydroxyl groups excluding tert-OH is 1. The van der Waals surface area contributed by atoms with Gasteiger partial charge in [-0.3, -0.25) is 14.8 Å². The molecule has 6 nitrogen and oxygen atoms in total. The van der Waals surface area contributed by atoms with E-state index in [0.717, 1.165) is 23.3 Å². The molecule has 0 radical (unpaired) electrons. The molecule has 36 heavy (non-hydrogen) atoms. The molecule has 0 unspecified atom stereocenters. The van der Waals surface area contributed by atoms with Gasteiger partial charge >= 0.3 is 6.18 Å². The molecular weight excluding hydrogens is 473 g/mol. The number of aliphatic hydroxyl groups is 1. The van der Waals surface area contributed by atoms with Crippen LogP contribution >= 0.6 is 0 Å². The highest BCUT2D eigenvalue weighted by atomic mass is 19.4. The SMILES string of the molecule is O=C(C[C@@H](Cc1ccc(-c2cccc(C(F)(F)F)c2)cc1)C(=O)N[C@H]1c2ccccc2C[C@H]1O)NO. The van der Waals surface area contributed by atoms with E-state index in [-0.39, 0.29) is 12.8 Å². The van der Waals surface area contributed by atoms with Crippen molar-refractivity contribution in [3.63, 3.8) is 0 Å². The van der Waals surface area contributed by atoms with E-state index in [1.54, 1.807) is 35.8 Å². The Morgan fingerprint density at radius 3 is 2.39 bits per heavy atom. The van der Waals surface area contributed by atoms with Crippen molar-refractivity contribution in [1.29, 1.82) is 0 Å². The summed E-state index contributed by atoms with van der Waals surface area (Å²) in [5.74, 6) is -2.04. The first-order valence-corrected chi connectivity index (χ1v) is 11.4. The third-order valence-electron chi connectivity index (χ3n) is 6.39. The minimum absolute atomic E-state index is 0.145. The molecule has 2 amide bonds. The Hall–Kier alpha value is -3.69. The highest BCUT2D eigenvalue weighted by Gasteiger charge is 2.34. The number of hydrogen-bond donors (Lipinski definition) is 4. The van der Waals surface area contributed by atoms with Crippen LogP contribution in [0.3, 0.4) is 0 Å². The fourth-order valence-electron chi connectivity index (χ4n) is 4.54. The number of halogens is 3. The highest BCUT2D eigenvalue weighted by Crippen LogP contribution is 2.33. The van der Waals surface area contributed by atoms with Crippen LogP contribution in [0.4, 0.5) is 13.2 Å².